The minimum atomic E-state index is -0.455. The van der Waals surface area contributed by atoms with Gasteiger partial charge < -0.3 is 10.1 Å². The summed E-state index contributed by atoms with van der Waals surface area (Å²) in [6, 6.07) is 28.1. The van der Waals surface area contributed by atoms with Gasteiger partial charge in [0.1, 0.15) is 5.75 Å². The fourth-order valence-electron chi connectivity index (χ4n) is 2.50. The molecule has 3 aromatic rings. The molecule has 0 saturated heterocycles. The summed E-state index contributed by atoms with van der Waals surface area (Å²) in [7, 11) is 0. The van der Waals surface area contributed by atoms with Crippen LogP contribution in [0.15, 0.2) is 103 Å². The van der Waals surface area contributed by atoms with Crippen LogP contribution in [0.4, 0.5) is 5.69 Å². The fourth-order valence-corrected chi connectivity index (χ4v) is 2.50. The third-order valence-corrected chi connectivity index (χ3v) is 3.78. The molecular weight excluding hydrogens is 310 g/mol. The lowest BCUT2D eigenvalue weighted by atomic mass is 9.99. The van der Waals surface area contributed by atoms with E-state index < -0.39 is 5.97 Å². The molecule has 124 valence electrons. The topological polar surface area (TPSA) is 38.3 Å². The Bertz CT molecular complexity index is 830. The van der Waals surface area contributed by atoms with Crippen molar-refractivity contribution in [2.45, 2.75) is 6.04 Å². The Morgan fingerprint density at radius 1 is 0.800 bits per heavy atom. The molecule has 0 aliphatic carbocycles. The summed E-state index contributed by atoms with van der Waals surface area (Å²) in [6.07, 6.45) is 0. The number of hydrogen-bond donors (Lipinski definition) is 1. The van der Waals surface area contributed by atoms with E-state index >= 15 is 0 Å². The monoisotopic (exact) mass is 329 g/mol. The van der Waals surface area contributed by atoms with Gasteiger partial charge in [-0.05, 0) is 29.8 Å². The first-order chi connectivity index (χ1) is 12.2. The molecule has 0 aliphatic heterocycles. The molecule has 0 aliphatic rings. The molecule has 0 saturated carbocycles. The van der Waals surface area contributed by atoms with Gasteiger partial charge in [0.2, 0.25) is 0 Å². The molecule has 0 radical (unpaired) electrons. The third kappa shape index (κ3) is 4.36. The smallest absolute Gasteiger partial charge is 0.341 e. The van der Waals surface area contributed by atoms with Gasteiger partial charge in [-0.15, -0.1) is 0 Å². The summed E-state index contributed by atoms with van der Waals surface area (Å²) < 4.78 is 5.44. The van der Waals surface area contributed by atoms with Gasteiger partial charge in [-0.3, -0.25) is 0 Å². The van der Waals surface area contributed by atoms with Crippen molar-refractivity contribution in [2.75, 3.05) is 5.32 Å². The first kappa shape index (κ1) is 16.5. The fraction of sp³-hybridized carbons (Fsp3) is 0.0455. The summed E-state index contributed by atoms with van der Waals surface area (Å²) in [6.45, 7) is 3.99. The molecule has 0 spiro atoms. The number of rotatable bonds is 6. The summed E-state index contributed by atoms with van der Waals surface area (Å²) >= 11 is 0. The first-order valence-electron chi connectivity index (χ1n) is 8.06. The Kier molecular flexibility index (Phi) is 5.27. The average Bonchev–Trinajstić information content (AvgIpc) is 2.68. The Balaban J connectivity index is 1.83. The van der Waals surface area contributed by atoms with Crippen LogP contribution in [-0.2, 0) is 4.79 Å². The van der Waals surface area contributed by atoms with Crippen LogP contribution in [-0.4, -0.2) is 5.97 Å². The van der Waals surface area contributed by atoms with Gasteiger partial charge in [0.25, 0.3) is 0 Å². The van der Waals surface area contributed by atoms with E-state index in [1.165, 1.54) is 0 Å². The van der Waals surface area contributed by atoms with Crippen molar-refractivity contribution in [2.24, 2.45) is 0 Å². The van der Waals surface area contributed by atoms with E-state index in [0.717, 1.165) is 11.3 Å². The second kappa shape index (κ2) is 7.97. The molecule has 3 rings (SSSR count). The van der Waals surface area contributed by atoms with Gasteiger partial charge in [0.05, 0.1) is 11.6 Å². The SMILES string of the molecule is C=C(C(=O)Oc1ccccc1)C(Nc1ccccc1)c1ccccc1. The lowest BCUT2D eigenvalue weighted by Gasteiger charge is -2.22. The van der Waals surface area contributed by atoms with Crippen molar-refractivity contribution in [3.8, 4) is 5.75 Å². The number of para-hydroxylation sites is 2. The largest absolute Gasteiger partial charge is 0.423 e. The van der Waals surface area contributed by atoms with Crippen LogP contribution < -0.4 is 10.1 Å². The highest BCUT2D eigenvalue weighted by Gasteiger charge is 2.22. The highest BCUT2D eigenvalue weighted by Crippen LogP contribution is 2.27. The van der Waals surface area contributed by atoms with E-state index in [1.807, 2.05) is 78.9 Å². The number of esters is 1. The van der Waals surface area contributed by atoms with Crippen LogP contribution in [0.2, 0.25) is 0 Å². The zero-order valence-corrected chi connectivity index (χ0v) is 13.8. The third-order valence-electron chi connectivity index (χ3n) is 3.78. The maximum absolute atomic E-state index is 12.6. The maximum Gasteiger partial charge on any atom is 0.341 e. The molecule has 3 nitrogen and oxygen atoms in total. The highest BCUT2D eigenvalue weighted by molar-refractivity contribution is 5.91. The van der Waals surface area contributed by atoms with Gasteiger partial charge in [-0.2, -0.15) is 0 Å². The van der Waals surface area contributed by atoms with Crippen molar-refractivity contribution < 1.29 is 9.53 Å². The number of carbonyl (C=O) groups excluding carboxylic acids is 1. The van der Waals surface area contributed by atoms with Crippen LogP contribution in [0.5, 0.6) is 5.75 Å². The number of anilines is 1. The van der Waals surface area contributed by atoms with Crippen molar-refractivity contribution in [3.05, 3.63) is 109 Å². The number of hydrogen-bond acceptors (Lipinski definition) is 3. The maximum atomic E-state index is 12.6. The van der Waals surface area contributed by atoms with E-state index in [-0.39, 0.29) is 6.04 Å². The first-order valence-corrected chi connectivity index (χ1v) is 8.06. The molecule has 1 unspecified atom stereocenters. The highest BCUT2D eigenvalue weighted by atomic mass is 16.5. The number of benzene rings is 3. The molecular formula is C22H19NO2. The van der Waals surface area contributed by atoms with Crippen molar-refractivity contribution in [1.29, 1.82) is 0 Å². The van der Waals surface area contributed by atoms with Gasteiger partial charge in [0, 0.05) is 5.69 Å². The molecule has 1 atom stereocenters. The van der Waals surface area contributed by atoms with E-state index in [2.05, 4.69) is 11.9 Å². The molecule has 3 heteroatoms. The minimum Gasteiger partial charge on any atom is -0.423 e. The van der Waals surface area contributed by atoms with Crippen LogP contribution in [0.3, 0.4) is 0 Å². The Morgan fingerprint density at radius 2 is 1.32 bits per heavy atom. The van der Waals surface area contributed by atoms with Crippen LogP contribution in [0, 0.1) is 0 Å². The Hall–Kier alpha value is -3.33. The van der Waals surface area contributed by atoms with Crippen LogP contribution in [0.1, 0.15) is 11.6 Å². The predicted octanol–water partition coefficient (Wildman–Crippen LogP) is 5.00. The van der Waals surface area contributed by atoms with Gasteiger partial charge in [-0.25, -0.2) is 4.79 Å². The molecule has 0 amide bonds. The van der Waals surface area contributed by atoms with Crippen molar-refractivity contribution >= 4 is 11.7 Å². The molecule has 0 aromatic heterocycles. The van der Waals surface area contributed by atoms with E-state index in [9.17, 15) is 4.79 Å². The van der Waals surface area contributed by atoms with Crippen molar-refractivity contribution in [3.63, 3.8) is 0 Å². The molecule has 25 heavy (non-hydrogen) atoms. The van der Waals surface area contributed by atoms with E-state index in [0.29, 0.717) is 11.3 Å². The zero-order valence-electron chi connectivity index (χ0n) is 13.8. The van der Waals surface area contributed by atoms with Crippen LogP contribution in [0.25, 0.3) is 0 Å². The Labute approximate surface area is 147 Å². The zero-order chi connectivity index (χ0) is 17.5. The molecule has 3 aromatic carbocycles. The quantitative estimate of drug-likeness (QED) is 0.393. The van der Waals surface area contributed by atoms with Crippen molar-refractivity contribution in [1.82, 2.24) is 0 Å². The molecule has 0 bridgehead atoms. The Morgan fingerprint density at radius 3 is 1.92 bits per heavy atom. The van der Waals surface area contributed by atoms with Gasteiger partial charge in [0.15, 0.2) is 0 Å². The minimum absolute atomic E-state index is 0.346. The van der Waals surface area contributed by atoms with E-state index in [1.54, 1.807) is 12.1 Å². The van der Waals surface area contributed by atoms with Crippen LogP contribution >= 0.6 is 0 Å². The van der Waals surface area contributed by atoms with E-state index in [4.69, 9.17) is 4.74 Å². The normalized spacial score (nSPS) is 11.4. The summed E-state index contributed by atoms with van der Waals surface area (Å²) in [5.41, 5.74) is 2.20. The summed E-state index contributed by atoms with van der Waals surface area (Å²) in [5, 5.41) is 3.36. The second-order valence-corrected chi connectivity index (χ2v) is 5.58. The molecule has 0 fully saturated rings. The average molecular weight is 329 g/mol. The summed E-state index contributed by atoms with van der Waals surface area (Å²) in [4.78, 5) is 12.6. The lowest BCUT2D eigenvalue weighted by Crippen LogP contribution is -2.22. The number of ether oxygens (including phenoxy) is 1. The predicted molar refractivity (Wildman–Crippen MR) is 100 cm³/mol. The number of carbonyl (C=O) groups is 1. The van der Waals surface area contributed by atoms with Gasteiger partial charge in [-0.1, -0.05) is 73.3 Å². The summed E-state index contributed by atoms with van der Waals surface area (Å²) in [5.74, 6) is 0.0451. The molecule has 1 N–H and O–H groups in total. The molecule has 0 heterocycles. The van der Waals surface area contributed by atoms with Gasteiger partial charge >= 0.3 is 5.97 Å². The second-order valence-electron chi connectivity index (χ2n) is 5.58. The number of nitrogens with one attached hydrogen (secondary N) is 1. The lowest BCUT2D eigenvalue weighted by molar-refractivity contribution is -0.130. The standard InChI is InChI=1S/C22H19NO2/c1-17(22(24)25-20-15-9-4-10-16-20)21(18-11-5-2-6-12-18)23-19-13-7-3-8-14-19/h2-16,21,23H,1H2.